The Hall–Kier alpha value is -6.17. The number of benzene rings is 6. The van der Waals surface area contributed by atoms with Crippen molar-refractivity contribution in [1.82, 2.24) is 14.0 Å². The molecule has 0 unspecified atom stereocenters. The summed E-state index contributed by atoms with van der Waals surface area (Å²) < 4.78 is 40.5. The molecule has 284 valence electrons. The molecule has 0 saturated carbocycles. The fourth-order valence-corrected chi connectivity index (χ4v) is 8.36. The SMILES string of the molecule is CN(C)P(=NOc1ccc(N)cc1)(N(C)C)N(C(Oc1ccccc1)Oc1ccccc1)C(Oc1ccccc1)(Oc1ccccc1)Oc1ccc(N)cc1. The van der Waals surface area contributed by atoms with Crippen LogP contribution in [0.15, 0.2) is 175 Å². The molecule has 12 nitrogen and oxygen atoms in total. The van der Waals surface area contributed by atoms with Gasteiger partial charge in [0.2, 0.25) is 7.51 Å². The van der Waals surface area contributed by atoms with E-state index in [9.17, 15) is 0 Å². The molecule has 0 aliphatic heterocycles. The minimum absolute atomic E-state index is 0.347. The van der Waals surface area contributed by atoms with Crippen molar-refractivity contribution in [2.24, 2.45) is 4.91 Å². The summed E-state index contributed by atoms with van der Waals surface area (Å²) in [6.07, 6.45) is -3.69. The molecule has 0 aliphatic carbocycles. The van der Waals surface area contributed by atoms with Crippen LogP contribution < -0.4 is 40.0 Å². The first-order valence-electron chi connectivity index (χ1n) is 17.4. The number of nitrogen functional groups attached to an aromatic ring is 2. The van der Waals surface area contributed by atoms with Gasteiger partial charge in [-0.2, -0.15) is 0 Å². The van der Waals surface area contributed by atoms with Gasteiger partial charge in [0, 0.05) is 11.4 Å². The van der Waals surface area contributed by atoms with Crippen LogP contribution in [-0.4, -0.2) is 54.7 Å². The van der Waals surface area contributed by atoms with E-state index in [1.165, 1.54) is 0 Å². The van der Waals surface area contributed by atoms with Crippen molar-refractivity contribution in [3.8, 4) is 34.5 Å². The lowest BCUT2D eigenvalue weighted by atomic mass is 10.3. The van der Waals surface area contributed by atoms with E-state index in [0.29, 0.717) is 45.9 Å². The highest BCUT2D eigenvalue weighted by atomic mass is 31.2. The van der Waals surface area contributed by atoms with Crippen LogP contribution in [-0.2, 0) is 0 Å². The van der Waals surface area contributed by atoms with E-state index in [4.69, 9.17) is 44.9 Å². The predicted molar refractivity (Wildman–Crippen MR) is 216 cm³/mol. The number of nitrogens with two attached hydrogens (primary N) is 2. The summed E-state index contributed by atoms with van der Waals surface area (Å²) in [5.74, 6) is 2.52. The van der Waals surface area contributed by atoms with Crippen LogP contribution in [0.1, 0.15) is 0 Å². The highest BCUT2D eigenvalue weighted by Crippen LogP contribution is 2.61. The lowest BCUT2D eigenvalue weighted by Gasteiger charge is -2.50. The van der Waals surface area contributed by atoms with Crippen LogP contribution in [0.3, 0.4) is 0 Å². The summed E-state index contributed by atoms with van der Waals surface area (Å²) in [6.45, 7) is 0. The molecule has 0 radical (unpaired) electrons. The number of anilines is 2. The molecule has 4 N–H and O–H groups in total. The van der Waals surface area contributed by atoms with Gasteiger partial charge in [0.05, 0.1) is 0 Å². The number of nitrogens with zero attached hydrogens (tertiary/aromatic N) is 4. The summed E-state index contributed by atoms with van der Waals surface area (Å²) in [6, 6.07) is 50.8. The maximum atomic E-state index is 7.07. The lowest BCUT2D eigenvalue weighted by Crippen LogP contribution is -2.67. The standard InChI is InChI=1S/C42H45N6O6P/c1-46(2)55(47(3)4,45-54-40-31-27-34(44)28-32-40)48(41(49-35-17-9-5-10-18-35)50-36-19-11-6-12-20-36)42(51-37-21-13-7-14-22-37,52-38-23-15-8-16-24-38)53-39-29-25-33(43)26-30-39/h5-32,41H,43-44H2,1-4H3. The third kappa shape index (κ3) is 9.50. The number of ether oxygens (including phenoxy) is 5. The average molecular weight is 761 g/mol. The number of para-hydroxylation sites is 4. The molecule has 55 heavy (non-hydrogen) atoms. The summed E-state index contributed by atoms with van der Waals surface area (Å²) in [5.41, 5.74) is 13.3. The van der Waals surface area contributed by atoms with E-state index >= 15 is 0 Å². The number of hydrogen-bond donors (Lipinski definition) is 2. The first kappa shape index (κ1) is 38.6. The molecule has 6 aromatic rings. The third-order valence-corrected chi connectivity index (χ3v) is 11.5. The van der Waals surface area contributed by atoms with Crippen LogP contribution in [0, 0.1) is 0 Å². The van der Waals surface area contributed by atoms with Crippen LogP contribution in [0.2, 0.25) is 0 Å². The van der Waals surface area contributed by atoms with Crippen molar-refractivity contribution >= 4 is 18.9 Å². The Morgan fingerprint density at radius 3 is 1.15 bits per heavy atom. The molecule has 0 aromatic heterocycles. The molecule has 0 saturated heterocycles. The third-order valence-electron chi connectivity index (χ3n) is 8.05. The Balaban J connectivity index is 1.71. The van der Waals surface area contributed by atoms with Gasteiger partial charge in [-0.15, -0.1) is 0 Å². The molecular formula is C42H45N6O6P. The van der Waals surface area contributed by atoms with Crippen LogP contribution in [0.5, 0.6) is 34.5 Å². The molecule has 0 fully saturated rings. The van der Waals surface area contributed by atoms with Crippen LogP contribution in [0.25, 0.3) is 0 Å². The fraction of sp³-hybridized carbons (Fsp3) is 0.143. The van der Waals surface area contributed by atoms with Gasteiger partial charge in [-0.3, -0.25) is 0 Å². The van der Waals surface area contributed by atoms with Crippen molar-refractivity contribution in [2.45, 2.75) is 12.5 Å². The summed E-state index contributed by atoms with van der Waals surface area (Å²) in [5, 5.41) is 0. The average Bonchev–Trinajstić information content (AvgIpc) is 3.19. The molecular weight excluding hydrogens is 715 g/mol. The molecule has 0 heterocycles. The van der Waals surface area contributed by atoms with Gasteiger partial charge in [-0.05, 0) is 125 Å². The van der Waals surface area contributed by atoms with Gasteiger partial charge >= 0.3 is 12.5 Å². The predicted octanol–water partition coefficient (Wildman–Crippen LogP) is 8.81. The Morgan fingerprint density at radius 1 is 0.455 bits per heavy atom. The van der Waals surface area contributed by atoms with E-state index < -0.39 is 20.0 Å². The maximum Gasteiger partial charge on any atom is 0.507 e. The van der Waals surface area contributed by atoms with Crippen molar-refractivity contribution in [1.29, 1.82) is 0 Å². The topological polar surface area (TPSA) is 130 Å². The van der Waals surface area contributed by atoms with Crippen molar-refractivity contribution in [3.05, 3.63) is 170 Å². The fourth-order valence-electron chi connectivity index (χ4n) is 5.50. The van der Waals surface area contributed by atoms with Crippen molar-refractivity contribution in [2.75, 3.05) is 39.7 Å². The molecule has 6 aromatic carbocycles. The highest BCUT2D eigenvalue weighted by Gasteiger charge is 2.61. The summed E-state index contributed by atoms with van der Waals surface area (Å²) >= 11 is 0. The Morgan fingerprint density at radius 2 is 0.782 bits per heavy atom. The van der Waals surface area contributed by atoms with Crippen molar-refractivity contribution < 1.29 is 28.5 Å². The van der Waals surface area contributed by atoms with Gasteiger partial charge in [0.15, 0.2) is 5.75 Å². The minimum atomic E-state index is -3.58. The Labute approximate surface area is 322 Å². The normalized spacial score (nSPS) is 11.7. The summed E-state index contributed by atoms with van der Waals surface area (Å²) in [4.78, 5) is 11.4. The lowest BCUT2D eigenvalue weighted by molar-refractivity contribution is -0.353. The van der Waals surface area contributed by atoms with Gasteiger partial charge in [-0.1, -0.05) is 82.4 Å². The quantitative estimate of drug-likeness (QED) is 0.0401. The second kappa shape index (κ2) is 17.8. The first-order valence-corrected chi connectivity index (χ1v) is 19.0. The smallest absolute Gasteiger partial charge is 0.441 e. The maximum absolute atomic E-state index is 7.07. The Kier molecular flexibility index (Phi) is 12.5. The van der Waals surface area contributed by atoms with Gasteiger partial charge < -0.3 is 40.0 Å². The van der Waals surface area contributed by atoms with E-state index in [1.807, 2.05) is 135 Å². The number of rotatable bonds is 17. The molecule has 6 rings (SSSR count). The minimum Gasteiger partial charge on any atom is -0.441 e. The highest BCUT2D eigenvalue weighted by molar-refractivity contribution is 7.59. The van der Waals surface area contributed by atoms with E-state index in [2.05, 4.69) is 0 Å². The van der Waals surface area contributed by atoms with Gasteiger partial charge in [-0.25, -0.2) is 9.34 Å². The zero-order valence-electron chi connectivity index (χ0n) is 31.1. The molecule has 0 bridgehead atoms. The first-order chi connectivity index (χ1) is 26.7. The molecule has 0 spiro atoms. The van der Waals surface area contributed by atoms with E-state index in [-0.39, 0.29) is 0 Å². The van der Waals surface area contributed by atoms with E-state index in [0.717, 1.165) is 0 Å². The number of hydrogen-bond acceptors (Lipinski definition) is 9. The second-order valence-electron chi connectivity index (χ2n) is 12.5. The largest absolute Gasteiger partial charge is 0.507 e. The van der Waals surface area contributed by atoms with Crippen molar-refractivity contribution in [3.63, 3.8) is 0 Å². The molecule has 13 heteroatoms. The van der Waals surface area contributed by atoms with E-state index in [1.54, 1.807) is 77.5 Å². The molecule has 0 aliphatic rings. The van der Waals surface area contributed by atoms with Crippen LogP contribution in [0.4, 0.5) is 11.4 Å². The molecule has 0 atom stereocenters. The second-order valence-corrected chi connectivity index (χ2v) is 15.8. The zero-order chi connectivity index (χ0) is 38.7. The van der Waals surface area contributed by atoms with Gasteiger partial charge in [0.1, 0.15) is 28.7 Å². The molecule has 0 amide bonds. The summed E-state index contributed by atoms with van der Waals surface area (Å²) in [7, 11) is 3.91. The van der Waals surface area contributed by atoms with Crippen LogP contribution >= 0.6 is 7.51 Å². The van der Waals surface area contributed by atoms with Gasteiger partial charge in [0.25, 0.3) is 0 Å². The Bertz CT molecular complexity index is 2020. The monoisotopic (exact) mass is 760 g/mol. The zero-order valence-corrected chi connectivity index (χ0v) is 32.0.